The second-order valence-corrected chi connectivity index (χ2v) is 11.2. The zero-order valence-corrected chi connectivity index (χ0v) is 23.2. The van der Waals surface area contributed by atoms with Crippen LogP contribution >= 0.6 is 0 Å². The van der Waals surface area contributed by atoms with Crippen molar-refractivity contribution in [2.24, 2.45) is 22.9 Å². The number of carbonyl (C=O) groups is 2. The number of hydrazone groups is 1. The number of urea groups is 1. The first kappa shape index (κ1) is 27.4. The summed E-state index contributed by atoms with van der Waals surface area (Å²) in [6, 6.07) is 16.5. The molecule has 0 saturated heterocycles. The highest BCUT2D eigenvalue weighted by Crippen LogP contribution is 2.38. The number of carbonyl (C=O) groups excluding carboxylic acids is 2. The van der Waals surface area contributed by atoms with Crippen LogP contribution < -0.4 is 5.32 Å². The molecule has 5 rings (SSSR count). The summed E-state index contributed by atoms with van der Waals surface area (Å²) < 4.78 is 6.08. The number of amides is 2. The molecular weight excluding hydrogens is 504 g/mol. The first-order chi connectivity index (χ1) is 19.3. The number of phenolic OH excluding ortho intramolecular Hbond substituents is 1. The lowest BCUT2D eigenvalue weighted by atomic mass is 9.75. The van der Waals surface area contributed by atoms with Crippen molar-refractivity contribution < 1.29 is 19.4 Å². The minimum Gasteiger partial charge on any atom is -0.508 e. The fraction of sp³-hybridized carbons (Fsp3) is 0.375. The lowest BCUT2D eigenvalue weighted by Gasteiger charge is -2.36. The average molecular weight is 541 g/mol. The van der Waals surface area contributed by atoms with Crippen LogP contribution in [0.3, 0.4) is 0 Å². The van der Waals surface area contributed by atoms with Crippen LogP contribution in [0.2, 0.25) is 0 Å². The zero-order valence-electron chi connectivity index (χ0n) is 23.2. The summed E-state index contributed by atoms with van der Waals surface area (Å²) in [5.41, 5.74) is 2.70. The van der Waals surface area contributed by atoms with E-state index >= 15 is 0 Å². The molecular formula is C32H36N4O4. The largest absolute Gasteiger partial charge is 0.508 e. The topological polar surface area (TPSA) is 104 Å². The summed E-state index contributed by atoms with van der Waals surface area (Å²) >= 11 is 0. The lowest BCUT2D eigenvalue weighted by molar-refractivity contribution is -0.0173. The Hall–Kier alpha value is -4.20. The third-order valence-electron chi connectivity index (χ3n) is 8.02. The number of benzene rings is 2. The first-order valence-corrected chi connectivity index (χ1v) is 14.0. The summed E-state index contributed by atoms with van der Waals surface area (Å²) in [4.78, 5) is 31.3. The van der Waals surface area contributed by atoms with E-state index in [1.54, 1.807) is 54.9 Å². The van der Waals surface area contributed by atoms with Crippen molar-refractivity contribution in [3.8, 4) is 5.75 Å². The SMILES string of the molecule is CC1CCC(C(C)C)C(OC(=O)c2ccccc2NC(=O)N2N=C(c3cccnc3)CC2c2ccccc2O)C1. The van der Waals surface area contributed by atoms with Gasteiger partial charge in [0, 0.05) is 29.9 Å². The Kier molecular flexibility index (Phi) is 8.14. The van der Waals surface area contributed by atoms with Crippen LogP contribution in [0.25, 0.3) is 0 Å². The molecule has 1 aliphatic carbocycles. The molecule has 2 amide bonds. The Balaban J connectivity index is 1.40. The molecule has 0 bridgehead atoms. The van der Waals surface area contributed by atoms with Crippen LogP contribution in [0.4, 0.5) is 10.5 Å². The van der Waals surface area contributed by atoms with Crippen molar-refractivity contribution in [3.05, 3.63) is 89.7 Å². The quantitative estimate of drug-likeness (QED) is 0.335. The monoisotopic (exact) mass is 540 g/mol. The van der Waals surface area contributed by atoms with Gasteiger partial charge in [-0.05, 0) is 54.9 Å². The number of hydrogen-bond donors (Lipinski definition) is 2. The van der Waals surface area contributed by atoms with Gasteiger partial charge < -0.3 is 15.2 Å². The molecule has 4 atom stereocenters. The van der Waals surface area contributed by atoms with E-state index in [1.165, 1.54) is 5.01 Å². The number of anilines is 1. The Morgan fingerprint density at radius 3 is 2.58 bits per heavy atom. The molecule has 1 aromatic heterocycles. The Labute approximate surface area is 235 Å². The highest BCUT2D eigenvalue weighted by atomic mass is 16.5. The molecule has 1 fully saturated rings. The van der Waals surface area contributed by atoms with Crippen LogP contribution in [-0.2, 0) is 4.74 Å². The highest BCUT2D eigenvalue weighted by Gasteiger charge is 2.36. The number of pyridine rings is 1. The second kappa shape index (κ2) is 11.9. The number of aromatic hydroxyl groups is 1. The van der Waals surface area contributed by atoms with Gasteiger partial charge in [0.25, 0.3) is 0 Å². The average Bonchev–Trinajstić information content (AvgIpc) is 3.39. The highest BCUT2D eigenvalue weighted by molar-refractivity contribution is 6.05. The third kappa shape index (κ3) is 5.86. The van der Waals surface area contributed by atoms with Gasteiger partial charge in [-0.3, -0.25) is 4.98 Å². The molecule has 0 spiro atoms. The molecule has 0 radical (unpaired) electrons. The molecule has 3 aromatic rings. The smallest absolute Gasteiger partial charge is 0.342 e. The van der Waals surface area contributed by atoms with Gasteiger partial charge in [-0.1, -0.05) is 63.6 Å². The van der Waals surface area contributed by atoms with Crippen molar-refractivity contribution >= 4 is 23.4 Å². The molecule has 1 saturated carbocycles. The molecule has 208 valence electrons. The van der Waals surface area contributed by atoms with Gasteiger partial charge >= 0.3 is 12.0 Å². The Morgan fingerprint density at radius 1 is 1.05 bits per heavy atom. The number of esters is 1. The van der Waals surface area contributed by atoms with Crippen LogP contribution in [-0.4, -0.2) is 38.9 Å². The van der Waals surface area contributed by atoms with E-state index in [0.717, 1.165) is 24.8 Å². The van der Waals surface area contributed by atoms with Gasteiger partial charge in [0.15, 0.2) is 0 Å². The summed E-state index contributed by atoms with van der Waals surface area (Å²) in [6.07, 6.45) is 6.63. The van der Waals surface area contributed by atoms with Crippen molar-refractivity contribution in [1.29, 1.82) is 0 Å². The van der Waals surface area contributed by atoms with Crippen LogP contribution in [0.15, 0.2) is 78.2 Å². The second-order valence-electron chi connectivity index (χ2n) is 11.2. The third-order valence-corrected chi connectivity index (χ3v) is 8.02. The Bertz CT molecular complexity index is 1390. The maximum absolute atomic E-state index is 13.7. The van der Waals surface area contributed by atoms with Gasteiger partial charge in [-0.2, -0.15) is 5.10 Å². The summed E-state index contributed by atoms with van der Waals surface area (Å²) in [5.74, 6) is 0.855. The minimum atomic E-state index is -0.536. The molecule has 8 nitrogen and oxygen atoms in total. The van der Waals surface area contributed by atoms with Crippen LogP contribution in [0.5, 0.6) is 5.75 Å². The molecule has 4 unspecified atom stereocenters. The maximum atomic E-state index is 13.7. The molecule has 2 aromatic carbocycles. The number of rotatable bonds is 6. The van der Waals surface area contributed by atoms with Crippen molar-refractivity contribution in [2.45, 2.75) is 58.6 Å². The summed E-state index contributed by atoms with van der Waals surface area (Å²) in [6.45, 7) is 6.54. The van der Waals surface area contributed by atoms with Crippen LogP contribution in [0, 0.1) is 17.8 Å². The maximum Gasteiger partial charge on any atom is 0.342 e. The number of nitrogens with one attached hydrogen (secondary N) is 1. The molecule has 40 heavy (non-hydrogen) atoms. The molecule has 2 heterocycles. The zero-order chi connectivity index (χ0) is 28.2. The van der Waals surface area contributed by atoms with Gasteiger partial charge in [-0.25, -0.2) is 14.6 Å². The lowest BCUT2D eigenvalue weighted by Crippen LogP contribution is -2.36. The number of para-hydroxylation sites is 2. The molecule has 2 aliphatic rings. The van der Waals surface area contributed by atoms with E-state index in [9.17, 15) is 14.7 Å². The van der Waals surface area contributed by atoms with E-state index < -0.39 is 18.0 Å². The number of nitrogens with zero attached hydrogens (tertiary/aromatic N) is 3. The van der Waals surface area contributed by atoms with E-state index in [0.29, 0.717) is 46.7 Å². The minimum absolute atomic E-state index is 0.0818. The fourth-order valence-corrected chi connectivity index (χ4v) is 5.81. The van der Waals surface area contributed by atoms with Gasteiger partial charge in [0.2, 0.25) is 0 Å². The van der Waals surface area contributed by atoms with Crippen LogP contribution in [0.1, 0.15) is 74.0 Å². The number of ether oxygens (including phenoxy) is 1. The molecule has 8 heteroatoms. The Morgan fingerprint density at radius 2 is 1.82 bits per heavy atom. The fourth-order valence-electron chi connectivity index (χ4n) is 5.81. The predicted octanol–water partition coefficient (Wildman–Crippen LogP) is 6.79. The summed E-state index contributed by atoms with van der Waals surface area (Å²) in [7, 11) is 0. The molecule has 1 aliphatic heterocycles. The van der Waals surface area contributed by atoms with Crippen molar-refractivity contribution in [1.82, 2.24) is 9.99 Å². The van der Waals surface area contributed by atoms with Crippen molar-refractivity contribution in [2.75, 3.05) is 5.32 Å². The van der Waals surface area contributed by atoms with E-state index in [4.69, 9.17) is 4.74 Å². The summed E-state index contributed by atoms with van der Waals surface area (Å²) in [5, 5.41) is 19.4. The van der Waals surface area contributed by atoms with E-state index in [1.807, 2.05) is 18.2 Å². The normalized spacial score (nSPS) is 22.6. The number of hydrogen-bond acceptors (Lipinski definition) is 6. The molecule has 2 N–H and O–H groups in total. The first-order valence-electron chi connectivity index (χ1n) is 14.0. The van der Waals surface area contributed by atoms with E-state index in [-0.39, 0.29) is 11.9 Å². The predicted molar refractivity (Wildman–Crippen MR) is 154 cm³/mol. The van der Waals surface area contributed by atoms with Crippen molar-refractivity contribution in [3.63, 3.8) is 0 Å². The standard InChI is InChI=1S/C32H36N4O4/c1-20(2)23-15-14-21(3)17-30(23)40-31(38)24-10-4-6-12-26(24)34-32(39)36-28(25-11-5-7-13-29(25)37)18-27(35-36)22-9-8-16-33-19-22/h4-13,16,19-21,23,28,30,37H,14-15,17-18H2,1-3H3,(H,34,39). The number of phenols is 1. The van der Waals surface area contributed by atoms with E-state index in [2.05, 4.69) is 36.2 Å². The number of aromatic nitrogens is 1. The van der Waals surface area contributed by atoms with Gasteiger partial charge in [-0.15, -0.1) is 0 Å². The van der Waals surface area contributed by atoms with Gasteiger partial charge in [0.05, 0.1) is 23.0 Å². The van der Waals surface area contributed by atoms with Gasteiger partial charge in [0.1, 0.15) is 11.9 Å².